The summed E-state index contributed by atoms with van der Waals surface area (Å²) >= 11 is 8.23. The van der Waals surface area contributed by atoms with Crippen LogP contribution >= 0.6 is 22.9 Å². The molecule has 1 N–H and O–H groups in total. The first-order chi connectivity index (χ1) is 10.1. The predicted molar refractivity (Wildman–Crippen MR) is 91.4 cm³/mol. The summed E-state index contributed by atoms with van der Waals surface area (Å²) in [7, 11) is 0. The van der Waals surface area contributed by atoms with Gasteiger partial charge in [-0.25, -0.2) is 0 Å². The predicted octanol–water partition coefficient (Wildman–Crippen LogP) is 4.52. The lowest BCUT2D eigenvalue weighted by Crippen LogP contribution is -2.24. The number of hydrogen-bond acceptors (Lipinski definition) is 3. The number of hydrogen-bond donors (Lipinski definition) is 1. The molecule has 0 aromatic carbocycles. The van der Waals surface area contributed by atoms with Crippen LogP contribution in [-0.2, 0) is 13.0 Å². The number of aryl methyl sites for hydroxylation is 3. The Morgan fingerprint density at radius 1 is 1.38 bits per heavy atom. The van der Waals surface area contributed by atoms with Gasteiger partial charge >= 0.3 is 0 Å². The van der Waals surface area contributed by atoms with Crippen LogP contribution in [0.3, 0.4) is 0 Å². The van der Waals surface area contributed by atoms with Gasteiger partial charge in [0.15, 0.2) is 0 Å². The molecule has 3 nitrogen and oxygen atoms in total. The smallest absolute Gasteiger partial charge is 0.0596 e. The summed E-state index contributed by atoms with van der Waals surface area (Å²) < 4.78 is 2.09. The first-order valence-electron chi connectivity index (χ1n) is 7.57. The zero-order valence-electron chi connectivity index (χ0n) is 13.2. The van der Waals surface area contributed by atoms with Crippen molar-refractivity contribution in [1.82, 2.24) is 15.1 Å². The van der Waals surface area contributed by atoms with Gasteiger partial charge in [-0.05, 0) is 50.7 Å². The standard InChI is InChI=1S/C16H24ClN3S/c1-5-7-18-14(16-15(17)11(3)10-21-16)9-13-8-12(4)19-20(13)6-2/h8,10,14,18H,5-7,9H2,1-4H3. The highest BCUT2D eigenvalue weighted by atomic mass is 35.5. The fourth-order valence-corrected chi connectivity index (χ4v) is 3.91. The van der Waals surface area contributed by atoms with Crippen molar-refractivity contribution in [2.24, 2.45) is 0 Å². The average molecular weight is 326 g/mol. The van der Waals surface area contributed by atoms with Gasteiger partial charge in [-0.2, -0.15) is 5.10 Å². The maximum absolute atomic E-state index is 6.48. The van der Waals surface area contributed by atoms with Gasteiger partial charge < -0.3 is 5.32 Å². The van der Waals surface area contributed by atoms with Crippen LogP contribution in [0.5, 0.6) is 0 Å². The summed E-state index contributed by atoms with van der Waals surface area (Å²) in [5.41, 5.74) is 3.51. The van der Waals surface area contributed by atoms with Crippen molar-refractivity contribution >= 4 is 22.9 Å². The van der Waals surface area contributed by atoms with Crippen molar-refractivity contribution in [2.45, 2.75) is 53.1 Å². The molecule has 0 aliphatic heterocycles. The zero-order chi connectivity index (χ0) is 15.4. The van der Waals surface area contributed by atoms with Crippen LogP contribution in [0.2, 0.25) is 5.02 Å². The average Bonchev–Trinajstić information content (AvgIpc) is 2.98. The molecule has 0 amide bonds. The quantitative estimate of drug-likeness (QED) is 0.811. The monoisotopic (exact) mass is 325 g/mol. The number of aromatic nitrogens is 2. The van der Waals surface area contributed by atoms with E-state index in [0.717, 1.165) is 36.6 Å². The minimum absolute atomic E-state index is 0.262. The molecule has 2 aromatic rings. The van der Waals surface area contributed by atoms with Crippen LogP contribution in [0.4, 0.5) is 0 Å². The van der Waals surface area contributed by atoms with Gasteiger partial charge in [0.1, 0.15) is 0 Å². The molecule has 5 heteroatoms. The van der Waals surface area contributed by atoms with E-state index in [2.05, 4.69) is 47.3 Å². The molecule has 116 valence electrons. The summed E-state index contributed by atoms with van der Waals surface area (Å²) in [6, 6.07) is 2.44. The van der Waals surface area contributed by atoms with E-state index in [1.54, 1.807) is 11.3 Å². The fraction of sp³-hybridized carbons (Fsp3) is 0.562. The van der Waals surface area contributed by atoms with Crippen LogP contribution in [0.15, 0.2) is 11.4 Å². The molecule has 0 aliphatic carbocycles. The Bertz CT molecular complexity index is 588. The summed E-state index contributed by atoms with van der Waals surface area (Å²) in [5, 5.41) is 11.2. The third kappa shape index (κ3) is 3.87. The van der Waals surface area contributed by atoms with E-state index in [1.807, 2.05) is 6.92 Å². The first kappa shape index (κ1) is 16.5. The molecule has 0 spiro atoms. The SMILES string of the molecule is CCCNC(Cc1cc(C)nn1CC)c1scc(C)c1Cl. The summed E-state index contributed by atoms with van der Waals surface area (Å²) in [4.78, 5) is 1.24. The van der Waals surface area contributed by atoms with Gasteiger partial charge in [0, 0.05) is 29.6 Å². The van der Waals surface area contributed by atoms with Crippen molar-refractivity contribution in [1.29, 1.82) is 0 Å². The maximum Gasteiger partial charge on any atom is 0.0596 e. The van der Waals surface area contributed by atoms with Crippen LogP contribution in [0.1, 0.15) is 48.1 Å². The molecular weight excluding hydrogens is 302 g/mol. The van der Waals surface area contributed by atoms with E-state index in [9.17, 15) is 0 Å². The summed E-state index contributed by atoms with van der Waals surface area (Å²) in [6.45, 7) is 10.3. The first-order valence-corrected chi connectivity index (χ1v) is 8.82. The largest absolute Gasteiger partial charge is 0.309 e. The second-order valence-electron chi connectivity index (χ2n) is 5.40. The van der Waals surface area contributed by atoms with Crippen LogP contribution in [0.25, 0.3) is 0 Å². The van der Waals surface area contributed by atoms with Crippen LogP contribution < -0.4 is 5.32 Å². The molecule has 2 heterocycles. The fourth-order valence-electron chi connectivity index (χ4n) is 2.51. The molecular formula is C16H24ClN3S. The highest BCUT2D eigenvalue weighted by molar-refractivity contribution is 7.10. The van der Waals surface area contributed by atoms with E-state index in [1.165, 1.54) is 16.1 Å². The Kier molecular flexibility index (Phi) is 5.85. The molecule has 1 unspecified atom stereocenters. The minimum atomic E-state index is 0.262. The third-order valence-electron chi connectivity index (χ3n) is 3.58. The molecule has 2 aromatic heterocycles. The van der Waals surface area contributed by atoms with Gasteiger partial charge in [0.05, 0.1) is 10.7 Å². The lowest BCUT2D eigenvalue weighted by atomic mass is 10.1. The van der Waals surface area contributed by atoms with Crippen LogP contribution in [-0.4, -0.2) is 16.3 Å². The Morgan fingerprint density at radius 2 is 2.14 bits per heavy atom. The molecule has 21 heavy (non-hydrogen) atoms. The van der Waals surface area contributed by atoms with E-state index in [-0.39, 0.29) is 6.04 Å². The molecule has 0 bridgehead atoms. The Morgan fingerprint density at radius 3 is 2.71 bits per heavy atom. The summed E-state index contributed by atoms with van der Waals surface area (Å²) in [6.07, 6.45) is 2.04. The number of nitrogens with one attached hydrogen (secondary N) is 1. The van der Waals surface area contributed by atoms with Gasteiger partial charge in [0.25, 0.3) is 0 Å². The topological polar surface area (TPSA) is 29.9 Å². The number of rotatable bonds is 7. The van der Waals surface area contributed by atoms with Gasteiger partial charge in [0.2, 0.25) is 0 Å². The van der Waals surface area contributed by atoms with Crippen molar-refractivity contribution in [3.8, 4) is 0 Å². The Labute approximate surface area is 136 Å². The normalized spacial score (nSPS) is 12.8. The molecule has 2 rings (SSSR count). The molecule has 1 atom stereocenters. The molecule has 0 fully saturated rings. The number of thiophene rings is 1. The van der Waals surface area contributed by atoms with Crippen molar-refractivity contribution in [2.75, 3.05) is 6.54 Å². The van der Waals surface area contributed by atoms with Crippen LogP contribution in [0, 0.1) is 13.8 Å². The van der Waals surface area contributed by atoms with Crippen molar-refractivity contribution < 1.29 is 0 Å². The Balaban J connectivity index is 2.25. The van der Waals surface area contributed by atoms with Gasteiger partial charge in [-0.15, -0.1) is 11.3 Å². The summed E-state index contributed by atoms with van der Waals surface area (Å²) in [5.74, 6) is 0. The third-order valence-corrected chi connectivity index (χ3v) is 5.41. The second-order valence-corrected chi connectivity index (χ2v) is 6.69. The van der Waals surface area contributed by atoms with E-state index in [4.69, 9.17) is 11.6 Å². The van der Waals surface area contributed by atoms with Crippen molar-refractivity contribution in [3.05, 3.63) is 38.3 Å². The van der Waals surface area contributed by atoms with E-state index >= 15 is 0 Å². The molecule has 0 saturated carbocycles. The number of nitrogens with zero attached hydrogens (tertiary/aromatic N) is 2. The molecule has 0 saturated heterocycles. The molecule has 0 aliphatic rings. The lowest BCUT2D eigenvalue weighted by molar-refractivity contribution is 0.508. The van der Waals surface area contributed by atoms with Gasteiger partial charge in [-0.1, -0.05) is 18.5 Å². The number of halogens is 1. The minimum Gasteiger partial charge on any atom is -0.309 e. The van der Waals surface area contributed by atoms with E-state index in [0.29, 0.717) is 0 Å². The Hall–Kier alpha value is -0.840. The highest BCUT2D eigenvalue weighted by Crippen LogP contribution is 2.34. The lowest BCUT2D eigenvalue weighted by Gasteiger charge is -2.18. The van der Waals surface area contributed by atoms with Gasteiger partial charge in [-0.3, -0.25) is 4.68 Å². The van der Waals surface area contributed by atoms with E-state index < -0.39 is 0 Å². The van der Waals surface area contributed by atoms with Crippen molar-refractivity contribution in [3.63, 3.8) is 0 Å². The second kappa shape index (κ2) is 7.43. The zero-order valence-corrected chi connectivity index (χ0v) is 14.8. The maximum atomic E-state index is 6.48. The molecule has 0 radical (unpaired) electrons. The highest BCUT2D eigenvalue weighted by Gasteiger charge is 2.20.